The Hall–Kier alpha value is -2.03. The molecular weight excluding hydrogens is 409 g/mol. The third kappa shape index (κ3) is 2.96. The SMILES string of the molecule is CC(C)(C)OC(=O)N1CC2C(c3nn(C4CC4(F)F)c4c(F)c(Cl)ncc34)[C@H]2C1. The summed E-state index contributed by atoms with van der Waals surface area (Å²) in [6.45, 7) is 6.43. The van der Waals surface area contributed by atoms with Crippen molar-refractivity contribution in [2.24, 2.45) is 11.8 Å². The molecule has 3 unspecified atom stereocenters. The molecule has 156 valence electrons. The third-order valence-electron chi connectivity index (χ3n) is 5.92. The van der Waals surface area contributed by atoms with E-state index in [0.29, 0.717) is 24.2 Å². The molecule has 4 atom stereocenters. The Morgan fingerprint density at radius 1 is 1.31 bits per heavy atom. The minimum atomic E-state index is -2.90. The Bertz CT molecular complexity index is 1020. The van der Waals surface area contributed by atoms with Crippen LogP contribution in [0.25, 0.3) is 10.9 Å². The summed E-state index contributed by atoms with van der Waals surface area (Å²) in [7, 11) is 0. The number of aromatic nitrogens is 3. The highest BCUT2D eigenvalue weighted by molar-refractivity contribution is 6.30. The van der Waals surface area contributed by atoms with Crippen molar-refractivity contribution in [3.63, 3.8) is 0 Å². The van der Waals surface area contributed by atoms with Gasteiger partial charge in [0.2, 0.25) is 0 Å². The highest BCUT2D eigenvalue weighted by Gasteiger charge is 2.62. The molecule has 3 heterocycles. The first kappa shape index (κ1) is 19.0. The number of halogens is 4. The molecule has 2 aromatic rings. The van der Waals surface area contributed by atoms with Gasteiger partial charge in [-0.3, -0.25) is 4.68 Å². The second-order valence-corrected chi connectivity index (χ2v) is 9.53. The molecule has 0 N–H and O–H groups in total. The molecule has 3 aliphatic rings. The largest absolute Gasteiger partial charge is 0.444 e. The van der Waals surface area contributed by atoms with Crippen molar-refractivity contribution in [1.29, 1.82) is 0 Å². The summed E-state index contributed by atoms with van der Waals surface area (Å²) in [6, 6.07) is -1.16. The summed E-state index contributed by atoms with van der Waals surface area (Å²) in [5.74, 6) is -3.45. The highest BCUT2D eigenvalue weighted by atomic mass is 35.5. The Kier molecular flexibility index (Phi) is 3.77. The third-order valence-corrected chi connectivity index (χ3v) is 6.18. The number of ether oxygens (including phenoxy) is 1. The molecule has 0 spiro atoms. The highest BCUT2D eigenvalue weighted by Crippen LogP contribution is 2.60. The molecule has 0 aromatic carbocycles. The normalized spacial score (nSPS) is 29.8. The zero-order valence-electron chi connectivity index (χ0n) is 16.1. The van der Waals surface area contributed by atoms with Crippen molar-refractivity contribution in [2.45, 2.75) is 50.7 Å². The number of amides is 1. The minimum absolute atomic E-state index is 0.0175. The monoisotopic (exact) mass is 428 g/mol. The summed E-state index contributed by atoms with van der Waals surface area (Å²) in [4.78, 5) is 17.8. The number of alkyl halides is 2. The number of fused-ring (bicyclic) bond motifs is 2. The van der Waals surface area contributed by atoms with Crippen LogP contribution in [-0.4, -0.2) is 50.4 Å². The van der Waals surface area contributed by atoms with Crippen molar-refractivity contribution < 1.29 is 22.7 Å². The molecule has 0 radical (unpaired) electrons. The lowest BCUT2D eigenvalue weighted by molar-refractivity contribution is 0.0270. The summed E-state index contributed by atoms with van der Waals surface area (Å²) >= 11 is 5.79. The van der Waals surface area contributed by atoms with Crippen molar-refractivity contribution in [3.05, 3.63) is 22.9 Å². The molecule has 1 amide bonds. The summed E-state index contributed by atoms with van der Waals surface area (Å²) < 4.78 is 48.5. The topological polar surface area (TPSA) is 60.2 Å². The van der Waals surface area contributed by atoms with Gasteiger partial charge < -0.3 is 9.64 Å². The maximum atomic E-state index is 14.6. The molecule has 10 heteroatoms. The van der Waals surface area contributed by atoms with Crippen LogP contribution in [0, 0.1) is 17.7 Å². The predicted molar refractivity (Wildman–Crippen MR) is 98.6 cm³/mol. The zero-order valence-corrected chi connectivity index (χ0v) is 16.9. The van der Waals surface area contributed by atoms with Crippen LogP contribution < -0.4 is 0 Å². The smallest absolute Gasteiger partial charge is 0.410 e. The van der Waals surface area contributed by atoms with Crippen LogP contribution in [-0.2, 0) is 4.74 Å². The van der Waals surface area contributed by atoms with Gasteiger partial charge in [-0.05, 0) is 32.6 Å². The second-order valence-electron chi connectivity index (χ2n) is 9.17. The van der Waals surface area contributed by atoms with Crippen LogP contribution in [0.1, 0.15) is 44.8 Å². The van der Waals surface area contributed by atoms with Gasteiger partial charge in [-0.25, -0.2) is 22.9 Å². The fourth-order valence-electron chi connectivity index (χ4n) is 4.43. The molecule has 2 saturated carbocycles. The first-order chi connectivity index (χ1) is 13.5. The standard InChI is InChI=1S/C19H20ClF3N4O2/c1-18(2,3)29-17(28)26-6-9-10(7-26)12(9)14-8-5-24-16(20)13(21)15(8)27(25-14)11-4-19(11,22)23/h5,9-12H,4,6-7H2,1-3H3/t9-,10?,11?,12?/m0/s1. The number of nitrogens with zero attached hydrogens (tertiary/aromatic N) is 4. The number of pyridine rings is 1. The molecular formula is C19H20ClF3N4O2. The van der Waals surface area contributed by atoms with E-state index in [1.807, 2.05) is 20.8 Å². The van der Waals surface area contributed by atoms with Gasteiger partial charge in [0.1, 0.15) is 17.2 Å². The average Bonchev–Trinajstić information content (AvgIpc) is 3.28. The Balaban J connectivity index is 1.42. The molecule has 3 fully saturated rings. The number of carbonyl (C=O) groups is 1. The maximum Gasteiger partial charge on any atom is 0.410 e. The van der Waals surface area contributed by atoms with Crippen molar-refractivity contribution in [1.82, 2.24) is 19.7 Å². The van der Waals surface area contributed by atoms with Crippen LogP contribution in [0.15, 0.2) is 6.20 Å². The van der Waals surface area contributed by atoms with Crippen LogP contribution in [0.5, 0.6) is 0 Å². The van der Waals surface area contributed by atoms with Gasteiger partial charge in [0.05, 0.1) is 5.69 Å². The van der Waals surface area contributed by atoms with Crippen molar-refractivity contribution >= 4 is 28.6 Å². The number of rotatable bonds is 2. The summed E-state index contributed by atoms with van der Waals surface area (Å²) in [5, 5.41) is 4.44. The van der Waals surface area contributed by atoms with Gasteiger partial charge in [0.15, 0.2) is 11.0 Å². The van der Waals surface area contributed by atoms with Crippen LogP contribution in [0.4, 0.5) is 18.0 Å². The first-order valence-electron chi connectivity index (χ1n) is 9.56. The fraction of sp³-hybridized carbons (Fsp3) is 0.632. The fourth-order valence-corrected chi connectivity index (χ4v) is 4.57. The number of hydrogen-bond donors (Lipinski definition) is 0. The van der Waals surface area contributed by atoms with Gasteiger partial charge in [0.25, 0.3) is 5.92 Å². The van der Waals surface area contributed by atoms with Crippen molar-refractivity contribution in [2.75, 3.05) is 13.1 Å². The van der Waals surface area contributed by atoms with E-state index in [-0.39, 0.29) is 40.9 Å². The van der Waals surface area contributed by atoms with E-state index in [0.717, 1.165) is 4.68 Å². The van der Waals surface area contributed by atoms with E-state index in [2.05, 4.69) is 10.1 Å². The van der Waals surface area contributed by atoms with E-state index in [1.54, 1.807) is 4.90 Å². The average molecular weight is 429 g/mol. The van der Waals surface area contributed by atoms with E-state index in [1.165, 1.54) is 6.20 Å². The Labute approximate surface area is 170 Å². The van der Waals surface area contributed by atoms with Gasteiger partial charge in [0, 0.05) is 37.0 Å². The minimum Gasteiger partial charge on any atom is -0.444 e. The van der Waals surface area contributed by atoms with E-state index in [9.17, 15) is 18.0 Å². The quantitative estimate of drug-likeness (QED) is 0.666. The van der Waals surface area contributed by atoms with Crippen LogP contribution >= 0.6 is 11.6 Å². The molecule has 1 aliphatic heterocycles. The molecule has 1 saturated heterocycles. The Morgan fingerprint density at radius 2 is 1.93 bits per heavy atom. The van der Waals surface area contributed by atoms with Crippen LogP contribution in [0.3, 0.4) is 0 Å². The number of piperidine rings is 1. The van der Waals surface area contributed by atoms with E-state index >= 15 is 0 Å². The zero-order chi connectivity index (χ0) is 20.9. The van der Waals surface area contributed by atoms with Crippen LogP contribution in [0.2, 0.25) is 5.15 Å². The first-order valence-corrected chi connectivity index (χ1v) is 9.93. The molecule has 29 heavy (non-hydrogen) atoms. The second kappa shape index (κ2) is 5.77. The molecule has 5 rings (SSSR count). The summed E-state index contributed by atoms with van der Waals surface area (Å²) in [6.07, 6.45) is 0.669. The van der Waals surface area contributed by atoms with Gasteiger partial charge in [-0.2, -0.15) is 5.10 Å². The van der Waals surface area contributed by atoms with E-state index < -0.39 is 23.4 Å². The van der Waals surface area contributed by atoms with Crippen molar-refractivity contribution in [3.8, 4) is 0 Å². The number of likely N-dealkylation sites (tertiary alicyclic amines) is 1. The molecule has 0 bridgehead atoms. The lowest BCUT2D eigenvalue weighted by atomic mass is 10.1. The lowest BCUT2D eigenvalue weighted by Gasteiger charge is -2.25. The summed E-state index contributed by atoms with van der Waals surface area (Å²) in [5.41, 5.74) is -0.0309. The molecule has 2 aliphatic carbocycles. The Morgan fingerprint density at radius 3 is 2.48 bits per heavy atom. The van der Waals surface area contributed by atoms with E-state index in [4.69, 9.17) is 16.3 Å². The maximum absolute atomic E-state index is 14.6. The predicted octanol–water partition coefficient (Wildman–Crippen LogP) is 4.38. The lowest BCUT2D eigenvalue weighted by Crippen LogP contribution is -2.36. The molecule has 6 nitrogen and oxygen atoms in total. The molecule has 2 aromatic heterocycles. The van der Waals surface area contributed by atoms with Gasteiger partial charge in [-0.15, -0.1) is 0 Å². The number of hydrogen-bond acceptors (Lipinski definition) is 4. The van der Waals surface area contributed by atoms with Gasteiger partial charge in [-0.1, -0.05) is 11.6 Å². The van der Waals surface area contributed by atoms with Gasteiger partial charge >= 0.3 is 6.09 Å². The number of carbonyl (C=O) groups excluding carboxylic acids is 1.